The molecule has 1 aromatic carbocycles. The molecule has 0 atom stereocenters. The van der Waals surface area contributed by atoms with Crippen molar-refractivity contribution in [1.29, 1.82) is 0 Å². The number of carbonyl (C=O) groups is 1. The molecule has 0 saturated heterocycles. The maximum Gasteiger partial charge on any atom is 0.337 e. The van der Waals surface area contributed by atoms with E-state index in [0.717, 1.165) is 23.1 Å². The van der Waals surface area contributed by atoms with Crippen molar-refractivity contribution in [2.45, 2.75) is 19.3 Å². The first kappa shape index (κ1) is 13.1. The molecule has 0 amide bonds. The van der Waals surface area contributed by atoms with Crippen LogP contribution in [0.4, 0.5) is 0 Å². The zero-order chi connectivity index (χ0) is 13.0. The Morgan fingerprint density at radius 1 is 1.44 bits per heavy atom. The number of carbonyl (C=O) groups excluding carboxylic acids is 1. The van der Waals surface area contributed by atoms with Gasteiger partial charge in [0.1, 0.15) is 12.4 Å². The van der Waals surface area contributed by atoms with Gasteiger partial charge < -0.3 is 9.47 Å². The number of rotatable bonds is 4. The van der Waals surface area contributed by atoms with Crippen LogP contribution in [0.5, 0.6) is 5.75 Å². The Hall–Kier alpha value is -1.29. The van der Waals surface area contributed by atoms with E-state index < -0.39 is 0 Å². The zero-order valence-corrected chi connectivity index (χ0v) is 11.8. The molecule has 1 aliphatic rings. The largest absolute Gasteiger partial charge is 0.488 e. The molecule has 18 heavy (non-hydrogen) atoms. The fourth-order valence-electron chi connectivity index (χ4n) is 1.90. The number of methoxy groups -OCH3 is 1. The molecule has 0 aliphatic heterocycles. The predicted molar refractivity (Wildman–Crippen MR) is 72.9 cm³/mol. The maximum absolute atomic E-state index is 11.4. The van der Waals surface area contributed by atoms with Crippen molar-refractivity contribution in [3.63, 3.8) is 0 Å². The second-order valence-electron chi connectivity index (χ2n) is 4.18. The minimum Gasteiger partial charge on any atom is -0.488 e. The highest BCUT2D eigenvalue weighted by atomic mass is 79.9. The van der Waals surface area contributed by atoms with Gasteiger partial charge in [0, 0.05) is 0 Å². The van der Waals surface area contributed by atoms with Crippen LogP contribution in [0.15, 0.2) is 34.3 Å². The van der Waals surface area contributed by atoms with Crippen LogP contribution in [0, 0.1) is 0 Å². The summed E-state index contributed by atoms with van der Waals surface area (Å²) in [6.07, 6.45) is 5.73. The molecule has 4 heteroatoms. The summed E-state index contributed by atoms with van der Waals surface area (Å²) >= 11 is 3.40. The molecule has 96 valence electrons. The monoisotopic (exact) mass is 310 g/mol. The molecule has 0 saturated carbocycles. The van der Waals surface area contributed by atoms with Gasteiger partial charge in [0.25, 0.3) is 0 Å². The third kappa shape index (κ3) is 3.13. The minimum atomic E-state index is -0.347. The van der Waals surface area contributed by atoms with Crippen molar-refractivity contribution in [2.24, 2.45) is 0 Å². The van der Waals surface area contributed by atoms with E-state index in [1.807, 2.05) is 0 Å². The van der Waals surface area contributed by atoms with Gasteiger partial charge in [-0.05, 0) is 59.0 Å². The highest BCUT2D eigenvalue weighted by Gasteiger charge is 2.10. The standard InChI is InChI=1S/C14H15BrO3/c1-17-14(16)11-6-7-13(12(15)8-11)18-9-10-4-2-3-5-10/h4,6-8H,2-3,5,9H2,1H3. The van der Waals surface area contributed by atoms with Gasteiger partial charge in [-0.1, -0.05) is 6.08 Å². The fraction of sp³-hybridized carbons (Fsp3) is 0.357. The van der Waals surface area contributed by atoms with Gasteiger partial charge in [0.2, 0.25) is 0 Å². The minimum absolute atomic E-state index is 0.347. The summed E-state index contributed by atoms with van der Waals surface area (Å²) in [7, 11) is 1.37. The lowest BCUT2D eigenvalue weighted by Crippen LogP contribution is -2.03. The number of hydrogen-bond donors (Lipinski definition) is 0. The van der Waals surface area contributed by atoms with E-state index in [1.165, 1.54) is 19.1 Å². The summed E-state index contributed by atoms with van der Waals surface area (Å²) < 4.78 is 11.2. The lowest BCUT2D eigenvalue weighted by Gasteiger charge is -2.09. The highest BCUT2D eigenvalue weighted by molar-refractivity contribution is 9.10. The van der Waals surface area contributed by atoms with Crippen LogP contribution >= 0.6 is 15.9 Å². The number of allylic oxidation sites excluding steroid dienone is 1. The van der Waals surface area contributed by atoms with Gasteiger partial charge in [0.05, 0.1) is 17.1 Å². The first-order valence-electron chi connectivity index (χ1n) is 5.89. The smallest absolute Gasteiger partial charge is 0.337 e. The van der Waals surface area contributed by atoms with Crippen LogP contribution in [0.1, 0.15) is 29.6 Å². The summed E-state index contributed by atoms with van der Waals surface area (Å²) in [4.78, 5) is 11.4. The Labute approximate surface area is 115 Å². The molecule has 3 nitrogen and oxygen atoms in total. The number of ether oxygens (including phenoxy) is 2. The number of hydrogen-bond acceptors (Lipinski definition) is 3. The Morgan fingerprint density at radius 3 is 2.89 bits per heavy atom. The van der Waals surface area contributed by atoms with E-state index in [1.54, 1.807) is 18.2 Å². The fourth-order valence-corrected chi connectivity index (χ4v) is 2.39. The zero-order valence-electron chi connectivity index (χ0n) is 10.2. The highest BCUT2D eigenvalue weighted by Crippen LogP contribution is 2.27. The van der Waals surface area contributed by atoms with E-state index in [2.05, 4.69) is 26.7 Å². The maximum atomic E-state index is 11.4. The molecule has 0 fully saturated rings. The van der Waals surface area contributed by atoms with Crippen molar-refractivity contribution in [3.05, 3.63) is 39.9 Å². The average Bonchev–Trinajstić information content (AvgIpc) is 2.89. The SMILES string of the molecule is COC(=O)c1ccc(OCC2=CCCC2)c(Br)c1. The molecule has 0 heterocycles. The molecule has 0 aromatic heterocycles. The third-order valence-corrected chi connectivity index (χ3v) is 3.52. The van der Waals surface area contributed by atoms with Crippen LogP contribution < -0.4 is 4.74 Å². The molecule has 0 bridgehead atoms. The van der Waals surface area contributed by atoms with Crippen LogP contribution in [0.3, 0.4) is 0 Å². The van der Waals surface area contributed by atoms with Gasteiger partial charge in [-0.25, -0.2) is 4.79 Å². The van der Waals surface area contributed by atoms with Crippen molar-refractivity contribution in [1.82, 2.24) is 0 Å². The van der Waals surface area contributed by atoms with E-state index in [-0.39, 0.29) is 5.97 Å². The number of esters is 1. The second-order valence-corrected chi connectivity index (χ2v) is 5.03. The van der Waals surface area contributed by atoms with Crippen LogP contribution in [-0.4, -0.2) is 19.7 Å². The van der Waals surface area contributed by atoms with Gasteiger partial charge in [-0.2, -0.15) is 0 Å². The number of halogens is 1. The van der Waals surface area contributed by atoms with Crippen molar-refractivity contribution < 1.29 is 14.3 Å². The third-order valence-electron chi connectivity index (χ3n) is 2.90. The summed E-state index contributed by atoms with van der Waals surface area (Å²) in [5.41, 5.74) is 1.86. The lowest BCUT2D eigenvalue weighted by molar-refractivity contribution is 0.0600. The molecule has 2 rings (SSSR count). The first-order chi connectivity index (χ1) is 8.70. The lowest BCUT2D eigenvalue weighted by atomic mass is 10.2. The second kappa shape index (κ2) is 6.05. The van der Waals surface area contributed by atoms with Gasteiger partial charge in [-0.3, -0.25) is 0 Å². The summed E-state index contributed by atoms with van der Waals surface area (Å²) in [5, 5.41) is 0. The van der Waals surface area contributed by atoms with E-state index in [9.17, 15) is 4.79 Å². The molecule has 0 spiro atoms. The van der Waals surface area contributed by atoms with Crippen LogP contribution in [-0.2, 0) is 4.74 Å². The van der Waals surface area contributed by atoms with Crippen molar-refractivity contribution in [2.75, 3.05) is 13.7 Å². The Bertz CT molecular complexity index is 480. The van der Waals surface area contributed by atoms with E-state index in [0.29, 0.717) is 12.2 Å². The average molecular weight is 311 g/mol. The normalized spacial score (nSPS) is 14.2. The molecular weight excluding hydrogens is 296 g/mol. The van der Waals surface area contributed by atoms with E-state index >= 15 is 0 Å². The quantitative estimate of drug-likeness (QED) is 0.628. The molecule has 0 radical (unpaired) electrons. The molecule has 1 aromatic rings. The summed E-state index contributed by atoms with van der Waals surface area (Å²) in [6, 6.07) is 5.20. The van der Waals surface area contributed by atoms with Crippen LogP contribution in [0.25, 0.3) is 0 Å². The molecule has 0 N–H and O–H groups in total. The Morgan fingerprint density at radius 2 is 2.28 bits per heavy atom. The topological polar surface area (TPSA) is 35.5 Å². The van der Waals surface area contributed by atoms with Crippen LogP contribution in [0.2, 0.25) is 0 Å². The first-order valence-corrected chi connectivity index (χ1v) is 6.68. The van der Waals surface area contributed by atoms with Crippen molar-refractivity contribution >= 4 is 21.9 Å². The van der Waals surface area contributed by atoms with Gasteiger partial charge >= 0.3 is 5.97 Å². The van der Waals surface area contributed by atoms with Gasteiger partial charge in [0.15, 0.2) is 0 Å². The van der Waals surface area contributed by atoms with E-state index in [4.69, 9.17) is 4.74 Å². The predicted octanol–water partition coefficient (Wildman–Crippen LogP) is 3.72. The Kier molecular flexibility index (Phi) is 4.42. The molecule has 0 unspecified atom stereocenters. The van der Waals surface area contributed by atoms with Crippen molar-refractivity contribution in [3.8, 4) is 5.75 Å². The summed E-state index contributed by atoms with van der Waals surface area (Å²) in [5.74, 6) is 0.399. The number of benzene rings is 1. The molecule has 1 aliphatic carbocycles. The molecular formula is C14H15BrO3. The summed E-state index contributed by atoms with van der Waals surface area (Å²) in [6.45, 7) is 0.621. The Balaban J connectivity index is 2.03. The van der Waals surface area contributed by atoms with Gasteiger partial charge in [-0.15, -0.1) is 0 Å².